The molecule has 6 nitrogen and oxygen atoms in total. The van der Waals surface area contributed by atoms with Gasteiger partial charge in [-0.3, -0.25) is 9.59 Å². The lowest BCUT2D eigenvalue weighted by atomic mass is 10.0. The molecule has 2 unspecified atom stereocenters. The van der Waals surface area contributed by atoms with Crippen molar-refractivity contribution in [3.63, 3.8) is 0 Å². The van der Waals surface area contributed by atoms with Crippen molar-refractivity contribution in [1.82, 2.24) is 5.32 Å². The van der Waals surface area contributed by atoms with Gasteiger partial charge in [0.05, 0.1) is 25.4 Å². The Morgan fingerprint density at radius 3 is 1.25 bits per heavy atom. The summed E-state index contributed by atoms with van der Waals surface area (Å²) in [5, 5.41) is 23.1. The molecular weight excluding hydrogens is 779 g/mol. The third-order valence-electron chi connectivity index (χ3n) is 12.3. The van der Waals surface area contributed by atoms with Gasteiger partial charge in [0.2, 0.25) is 5.91 Å². The number of amides is 1. The summed E-state index contributed by atoms with van der Waals surface area (Å²) in [4.78, 5) is 24.5. The molecule has 0 aliphatic heterocycles. The number of nitrogens with one attached hydrogen (secondary N) is 1. The van der Waals surface area contributed by atoms with E-state index in [2.05, 4.69) is 55.6 Å². The lowest BCUT2D eigenvalue weighted by molar-refractivity contribution is -0.143. The van der Waals surface area contributed by atoms with Gasteiger partial charge in [0.25, 0.3) is 0 Å². The summed E-state index contributed by atoms with van der Waals surface area (Å²) in [6.45, 7) is 4.83. The third-order valence-corrected chi connectivity index (χ3v) is 12.3. The second kappa shape index (κ2) is 52.4. The summed E-state index contributed by atoms with van der Waals surface area (Å²) in [6.07, 6.45) is 65.4. The summed E-state index contributed by atoms with van der Waals surface area (Å²) in [6, 6.07) is -0.650. The Balaban J connectivity index is 3.55. The molecule has 3 N–H and O–H groups in total. The zero-order valence-corrected chi connectivity index (χ0v) is 41.8. The number of aliphatic hydroxyl groups is 2. The van der Waals surface area contributed by atoms with Crippen LogP contribution in [0.1, 0.15) is 277 Å². The number of carbonyl (C=O) groups excluding carboxylic acids is 2. The molecule has 6 heteroatoms. The van der Waals surface area contributed by atoms with Crippen molar-refractivity contribution in [2.24, 2.45) is 0 Å². The van der Waals surface area contributed by atoms with E-state index in [1.54, 1.807) is 6.08 Å². The molecule has 0 saturated carbocycles. The molecule has 0 heterocycles. The monoisotopic (exact) mass is 884 g/mol. The quantitative estimate of drug-likeness (QED) is 0.0321. The Hall–Kier alpha value is -2.18. The number of allylic oxidation sites excluding steroid dienone is 7. The van der Waals surface area contributed by atoms with Crippen LogP contribution >= 0.6 is 0 Å². The Morgan fingerprint density at radius 2 is 0.794 bits per heavy atom. The van der Waals surface area contributed by atoms with Gasteiger partial charge in [-0.2, -0.15) is 0 Å². The maximum absolute atomic E-state index is 12.4. The fourth-order valence-electron chi connectivity index (χ4n) is 8.07. The van der Waals surface area contributed by atoms with Crippen LogP contribution in [-0.2, 0) is 14.3 Å². The van der Waals surface area contributed by atoms with Crippen LogP contribution in [0.5, 0.6) is 0 Å². The SMILES string of the molecule is CCCCCC/C=C\C/C=C\CCCCCCCC(=O)OCCCCCCCC/C=C\CCCCCC(=O)NC(CO)C(O)/C=C/CCCCCCCCCCCCCCCCC. The Morgan fingerprint density at radius 1 is 0.444 bits per heavy atom. The lowest BCUT2D eigenvalue weighted by Crippen LogP contribution is -2.45. The van der Waals surface area contributed by atoms with Gasteiger partial charge in [-0.25, -0.2) is 0 Å². The van der Waals surface area contributed by atoms with Crippen LogP contribution in [0, 0.1) is 0 Å². The molecule has 2 atom stereocenters. The van der Waals surface area contributed by atoms with Crippen molar-refractivity contribution in [3.8, 4) is 0 Å². The first-order valence-electron chi connectivity index (χ1n) is 27.4. The summed E-state index contributed by atoms with van der Waals surface area (Å²) in [5.41, 5.74) is 0. The van der Waals surface area contributed by atoms with Crippen molar-refractivity contribution >= 4 is 11.9 Å². The number of aliphatic hydroxyl groups excluding tert-OH is 2. The highest BCUT2D eigenvalue weighted by Gasteiger charge is 2.18. The van der Waals surface area contributed by atoms with E-state index < -0.39 is 12.1 Å². The summed E-state index contributed by atoms with van der Waals surface area (Å²) < 4.78 is 5.45. The van der Waals surface area contributed by atoms with Crippen LogP contribution in [-0.4, -0.2) is 47.4 Å². The number of unbranched alkanes of at least 4 members (excludes halogenated alkanes) is 33. The Kier molecular flexibility index (Phi) is 50.6. The molecule has 0 spiro atoms. The maximum atomic E-state index is 12.4. The number of esters is 1. The van der Waals surface area contributed by atoms with E-state index in [4.69, 9.17) is 4.74 Å². The highest BCUT2D eigenvalue weighted by Crippen LogP contribution is 2.15. The molecule has 0 aliphatic rings. The van der Waals surface area contributed by atoms with E-state index >= 15 is 0 Å². The highest BCUT2D eigenvalue weighted by atomic mass is 16.5. The topological polar surface area (TPSA) is 95.9 Å². The van der Waals surface area contributed by atoms with E-state index in [1.807, 2.05) is 6.08 Å². The van der Waals surface area contributed by atoms with Crippen LogP contribution in [0.4, 0.5) is 0 Å². The predicted molar refractivity (Wildman–Crippen MR) is 273 cm³/mol. The summed E-state index contributed by atoms with van der Waals surface area (Å²) >= 11 is 0. The number of carbonyl (C=O) groups is 2. The van der Waals surface area contributed by atoms with E-state index in [-0.39, 0.29) is 18.5 Å². The van der Waals surface area contributed by atoms with Crippen LogP contribution in [0.25, 0.3) is 0 Å². The molecule has 0 saturated heterocycles. The van der Waals surface area contributed by atoms with E-state index in [0.29, 0.717) is 19.4 Å². The molecule has 0 aliphatic carbocycles. The standard InChI is InChI=1S/C57H105NO5/c1-3-5-7-9-11-13-15-17-19-21-22-25-29-33-37-41-45-49-55(60)54(53-59)58-56(61)50-46-42-38-34-30-26-24-28-32-36-40-44-48-52-63-57(62)51-47-43-39-35-31-27-23-20-18-16-14-12-10-8-6-4-2/h14,16,20,23,26,30,45,49,54-55,59-60H,3-13,15,17-19,21-22,24-25,27-29,31-44,46-48,50-53H2,1-2H3,(H,58,61)/b16-14-,23-20-,30-26-,49-45+. The van der Waals surface area contributed by atoms with Gasteiger partial charge in [0.15, 0.2) is 0 Å². The van der Waals surface area contributed by atoms with Crippen LogP contribution in [0.2, 0.25) is 0 Å². The first-order valence-corrected chi connectivity index (χ1v) is 27.4. The highest BCUT2D eigenvalue weighted by molar-refractivity contribution is 5.76. The van der Waals surface area contributed by atoms with Gasteiger partial charge in [-0.1, -0.05) is 223 Å². The summed E-state index contributed by atoms with van der Waals surface area (Å²) in [7, 11) is 0. The number of hydrogen-bond donors (Lipinski definition) is 3. The van der Waals surface area contributed by atoms with Gasteiger partial charge >= 0.3 is 5.97 Å². The van der Waals surface area contributed by atoms with Gasteiger partial charge in [0, 0.05) is 12.8 Å². The first-order chi connectivity index (χ1) is 31.0. The average molecular weight is 884 g/mol. The maximum Gasteiger partial charge on any atom is 0.305 e. The fraction of sp³-hybridized carbons (Fsp3) is 0.825. The van der Waals surface area contributed by atoms with Crippen LogP contribution in [0.3, 0.4) is 0 Å². The van der Waals surface area contributed by atoms with E-state index in [0.717, 1.165) is 83.5 Å². The predicted octanol–water partition coefficient (Wildman–Crippen LogP) is 16.6. The minimum absolute atomic E-state index is 0.0280. The molecule has 0 aromatic carbocycles. The van der Waals surface area contributed by atoms with Gasteiger partial charge in [-0.15, -0.1) is 0 Å². The van der Waals surface area contributed by atoms with Crippen molar-refractivity contribution in [2.75, 3.05) is 13.2 Å². The molecular formula is C57H105NO5. The van der Waals surface area contributed by atoms with Gasteiger partial charge < -0.3 is 20.3 Å². The third kappa shape index (κ3) is 49.1. The van der Waals surface area contributed by atoms with Crippen molar-refractivity contribution < 1.29 is 24.5 Å². The summed E-state index contributed by atoms with van der Waals surface area (Å²) in [5.74, 6) is -0.127. The zero-order chi connectivity index (χ0) is 45.8. The van der Waals surface area contributed by atoms with E-state index in [9.17, 15) is 19.8 Å². The van der Waals surface area contributed by atoms with Crippen LogP contribution in [0.15, 0.2) is 48.6 Å². The second-order valence-electron chi connectivity index (χ2n) is 18.5. The Labute approximate surface area is 391 Å². The fourth-order valence-corrected chi connectivity index (χ4v) is 8.07. The Bertz CT molecular complexity index is 1070. The molecule has 0 radical (unpaired) electrons. The van der Waals surface area contributed by atoms with Crippen molar-refractivity contribution in [2.45, 2.75) is 289 Å². The minimum atomic E-state index is -0.863. The average Bonchev–Trinajstić information content (AvgIpc) is 3.28. The number of ether oxygens (including phenoxy) is 1. The minimum Gasteiger partial charge on any atom is -0.466 e. The van der Waals surface area contributed by atoms with Crippen molar-refractivity contribution in [1.29, 1.82) is 0 Å². The van der Waals surface area contributed by atoms with E-state index in [1.165, 1.54) is 167 Å². The molecule has 63 heavy (non-hydrogen) atoms. The van der Waals surface area contributed by atoms with Crippen LogP contribution < -0.4 is 5.32 Å². The molecule has 1 amide bonds. The van der Waals surface area contributed by atoms with Gasteiger partial charge in [-0.05, 0) is 89.9 Å². The number of rotatable bonds is 50. The molecule has 0 aromatic heterocycles. The molecule has 0 bridgehead atoms. The molecule has 368 valence electrons. The molecule has 0 fully saturated rings. The lowest BCUT2D eigenvalue weighted by Gasteiger charge is -2.19. The normalized spacial score (nSPS) is 13.0. The largest absolute Gasteiger partial charge is 0.466 e. The van der Waals surface area contributed by atoms with Gasteiger partial charge in [0.1, 0.15) is 0 Å². The second-order valence-corrected chi connectivity index (χ2v) is 18.5. The number of hydrogen-bond acceptors (Lipinski definition) is 5. The smallest absolute Gasteiger partial charge is 0.305 e. The zero-order valence-electron chi connectivity index (χ0n) is 41.8. The first kappa shape index (κ1) is 60.8. The molecule has 0 aromatic rings. The molecule has 0 rings (SSSR count). The van der Waals surface area contributed by atoms with Crippen molar-refractivity contribution in [3.05, 3.63) is 48.6 Å².